The highest BCUT2D eigenvalue weighted by Crippen LogP contribution is 2.33. The molecule has 1 aromatic carbocycles. The van der Waals surface area contributed by atoms with Crippen molar-refractivity contribution in [3.63, 3.8) is 0 Å². The molecule has 4 heteroatoms. The third-order valence-electron chi connectivity index (χ3n) is 5.60. The van der Waals surface area contributed by atoms with E-state index in [1.54, 1.807) is 0 Å². The van der Waals surface area contributed by atoms with E-state index in [2.05, 4.69) is 102 Å². The SMILES string of the molecule is CC1=Cc2nc1cc1ccc(cc3ccc(cc4nc(c2-c2ccccc2)C=C4)[nH]3)[nH]1. The second-order valence-corrected chi connectivity index (χ2v) is 7.88. The number of hydrogen-bond acceptors (Lipinski definition) is 2. The van der Waals surface area contributed by atoms with Gasteiger partial charge in [0.1, 0.15) is 0 Å². The van der Waals surface area contributed by atoms with Crippen molar-refractivity contribution in [3.8, 4) is 11.1 Å². The van der Waals surface area contributed by atoms with Crippen molar-refractivity contribution in [2.45, 2.75) is 6.92 Å². The molecule has 31 heavy (non-hydrogen) atoms. The highest BCUT2D eigenvalue weighted by Gasteiger charge is 2.15. The van der Waals surface area contributed by atoms with Gasteiger partial charge in [0.15, 0.2) is 0 Å². The molecule has 2 aliphatic heterocycles. The van der Waals surface area contributed by atoms with Gasteiger partial charge in [-0.05, 0) is 78.8 Å². The number of nitrogens with zero attached hydrogens (tertiary/aromatic N) is 2. The minimum absolute atomic E-state index is 0.918. The summed E-state index contributed by atoms with van der Waals surface area (Å²) < 4.78 is 0. The zero-order chi connectivity index (χ0) is 20.8. The second kappa shape index (κ2) is 6.96. The molecule has 0 fully saturated rings. The third kappa shape index (κ3) is 3.28. The lowest BCUT2D eigenvalue weighted by atomic mass is 10.0. The van der Waals surface area contributed by atoms with Crippen LogP contribution in [0, 0.1) is 0 Å². The maximum atomic E-state index is 5.00. The van der Waals surface area contributed by atoms with Crippen LogP contribution in [0.5, 0.6) is 0 Å². The van der Waals surface area contributed by atoms with Crippen molar-refractivity contribution < 1.29 is 0 Å². The number of aromatic amines is 2. The normalized spacial score (nSPS) is 12.7. The van der Waals surface area contributed by atoms with Gasteiger partial charge in [0.05, 0.1) is 22.8 Å². The van der Waals surface area contributed by atoms with Gasteiger partial charge in [-0.15, -0.1) is 0 Å². The second-order valence-electron chi connectivity index (χ2n) is 7.88. The molecule has 0 saturated heterocycles. The van der Waals surface area contributed by atoms with Gasteiger partial charge in [0, 0.05) is 27.6 Å². The largest absolute Gasteiger partial charge is 0.355 e. The summed E-state index contributed by atoms with van der Waals surface area (Å²) in [6.07, 6.45) is 6.28. The van der Waals surface area contributed by atoms with Crippen molar-refractivity contribution in [1.29, 1.82) is 0 Å². The highest BCUT2D eigenvalue weighted by atomic mass is 14.8. The number of H-pyrrole nitrogens is 2. The van der Waals surface area contributed by atoms with Crippen LogP contribution in [0.1, 0.15) is 29.7 Å². The van der Waals surface area contributed by atoms with E-state index in [1.807, 2.05) is 6.07 Å². The standard InChI is InChI=1S/C27H20N4/c1-17-13-26-27(18-5-3-2-4-6-18)24-12-11-22(30-24)15-21-8-7-19(28-21)14-20-9-10-23(29-20)16-25(17)31-26/h2-16,28-29H,1H3. The first-order valence-corrected chi connectivity index (χ1v) is 10.3. The van der Waals surface area contributed by atoms with Gasteiger partial charge in [0.25, 0.3) is 0 Å². The summed E-state index contributed by atoms with van der Waals surface area (Å²) in [4.78, 5) is 16.8. The average Bonchev–Trinajstić information content (AvgIpc) is 3.55. The van der Waals surface area contributed by atoms with Crippen LogP contribution in [0.2, 0.25) is 0 Å². The summed E-state index contributed by atoms with van der Waals surface area (Å²) in [5.74, 6) is 0. The molecule has 0 aliphatic carbocycles. The van der Waals surface area contributed by atoms with Crippen LogP contribution in [0.25, 0.3) is 57.0 Å². The van der Waals surface area contributed by atoms with Crippen LogP contribution in [-0.4, -0.2) is 19.9 Å². The lowest BCUT2D eigenvalue weighted by Gasteiger charge is -2.04. The predicted molar refractivity (Wildman–Crippen MR) is 129 cm³/mol. The zero-order valence-electron chi connectivity index (χ0n) is 17.1. The van der Waals surface area contributed by atoms with Crippen molar-refractivity contribution in [3.05, 3.63) is 95.6 Å². The average molecular weight is 400 g/mol. The molecular weight excluding hydrogens is 380 g/mol. The lowest BCUT2D eigenvalue weighted by molar-refractivity contribution is 1.27. The Morgan fingerprint density at radius 3 is 2.06 bits per heavy atom. The van der Waals surface area contributed by atoms with E-state index in [-0.39, 0.29) is 0 Å². The van der Waals surface area contributed by atoms with Crippen LogP contribution in [0.4, 0.5) is 0 Å². The summed E-state index contributed by atoms with van der Waals surface area (Å²) in [6, 6.07) is 25.0. The van der Waals surface area contributed by atoms with Crippen LogP contribution < -0.4 is 0 Å². The van der Waals surface area contributed by atoms with Gasteiger partial charge < -0.3 is 9.97 Å². The maximum Gasteiger partial charge on any atom is 0.0740 e. The van der Waals surface area contributed by atoms with Crippen molar-refractivity contribution in [2.24, 2.45) is 0 Å². The van der Waals surface area contributed by atoms with Gasteiger partial charge >= 0.3 is 0 Å². The van der Waals surface area contributed by atoms with Crippen LogP contribution >= 0.6 is 0 Å². The van der Waals surface area contributed by atoms with E-state index in [4.69, 9.17) is 9.97 Å². The summed E-state index contributed by atoms with van der Waals surface area (Å²) in [5.41, 5.74) is 11.2. The van der Waals surface area contributed by atoms with Crippen LogP contribution in [-0.2, 0) is 0 Å². The van der Waals surface area contributed by atoms with Crippen LogP contribution in [0.3, 0.4) is 0 Å². The number of allylic oxidation sites excluding steroid dienone is 1. The quantitative estimate of drug-likeness (QED) is 0.328. The Kier molecular flexibility index (Phi) is 3.96. The fourth-order valence-electron chi connectivity index (χ4n) is 4.10. The number of nitrogens with one attached hydrogen (secondary N) is 2. The highest BCUT2D eigenvalue weighted by molar-refractivity contribution is 5.92. The minimum Gasteiger partial charge on any atom is -0.355 e. The molecule has 3 aromatic heterocycles. The fourth-order valence-corrected chi connectivity index (χ4v) is 4.10. The Hall–Kier alpha value is -4.18. The molecule has 2 N–H and O–H groups in total. The first-order valence-electron chi connectivity index (χ1n) is 10.3. The Morgan fingerprint density at radius 1 is 0.645 bits per heavy atom. The Bertz CT molecular complexity index is 1530. The Balaban J connectivity index is 1.75. The Labute approximate surface area is 179 Å². The Morgan fingerprint density at radius 2 is 1.32 bits per heavy atom. The number of hydrogen-bond donors (Lipinski definition) is 2. The molecule has 5 heterocycles. The summed E-state index contributed by atoms with van der Waals surface area (Å²) in [6.45, 7) is 2.10. The van der Waals surface area contributed by atoms with E-state index in [9.17, 15) is 0 Å². The molecule has 4 nitrogen and oxygen atoms in total. The van der Waals surface area contributed by atoms with E-state index >= 15 is 0 Å². The number of benzene rings is 1. The number of aromatic nitrogens is 4. The lowest BCUT2D eigenvalue weighted by Crippen LogP contribution is -1.88. The smallest absolute Gasteiger partial charge is 0.0740 e. The third-order valence-corrected chi connectivity index (χ3v) is 5.60. The summed E-state index contributed by atoms with van der Waals surface area (Å²) in [5, 5.41) is 0. The molecule has 2 aliphatic rings. The fraction of sp³-hybridized carbons (Fsp3) is 0.0370. The van der Waals surface area contributed by atoms with E-state index in [0.717, 1.165) is 61.5 Å². The molecule has 0 saturated carbocycles. The van der Waals surface area contributed by atoms with E-state index in [1.165, 1.54) is 0 Å². The van der Waals surface area contributed by atoms with Gasteiger partial charge in [-0.25, -0.2) is 9.97 Å². The number of fused-ring (bicyclic) bond motifs is 8. The van der Waals surface area contributed by atoms with Crippen molar-refractivity contribution >= 4 is 45.9 Å². The molecule has 4 aromatic rings. The first kappa shape index (κ1) is 17.7. The number of rotatable bonds is 1. The van der Waals surface area contributed by atoms with Crippen LogP contribution in [0.15, 0.2) is 72.8 Å². The van der Waals surface area contributed by atoms with Gasteiger partial charge in [0.2, 0.25) is 0 Å². The van der Waals surface area contributed by atoms with E-state index < -0.39 is 0 Å². The van der Waals surface area contributed by atoms with Gasteiger partial charge in [-0.1, -0.05) is 30.3 Å². The molecular formula is C27H20N4. The van der Waals surface area contributed by atoms with Gasteiger partial charge in [-0.3, -0.25) is 0 Å². The molecule has 0 radical (unpaired) electrons. The minimum atomic E-state index is 0.918. The topological polar surface area (TPSA) is 57.4 Å². The zero-order valence-corrected chi connectivity index (χ0v) is 17.1. The van der Waals surface area contributed by atoms with Crippen molar-refractivity contribution in [2.75, 3.05) is 0 Å². The van der Waals surface area contributed by atoms with E-state index in [0.29, 0.717) is 0 Å². The summed E-state index contributed by atoms with van der Waals surface area (Å²) >= 11 is 0. The summed E-state index contributed by atoms with van der Waals surface area (Å²) in [7, 11) is 0. The van der Waals surface area contributed by atoms with Gasteiger partial charge in [-0.2, -0.15) is 0 Å². The molecule has 148 valence electrons. The van der Waals surface area contributed by atoms with Crippen molar-refractivity contribution in [1.82, 2.24) is 19.9 Å². The molecule has 0 amide bonds. The molecule has 0 atom stereocenters. The first-order chi connectivity index (χ1) is 15.2. The molecule has 8 bridgehead atoms. The monoisotopic (exact) mass is 400 g/mol. The predicted octanol–water partition coefficient (Wildman–Crippen LogP) is 6.71. The molecule has 6 rings (SSSR count). The maximum absolute atomic E-state index is 5.00. The molecule has 0 unspecified atom stereocenters. The molecule has 0 spiro atoms.